The number of halogens is 1. The molecule has 0 aromatic carbocycles. The zero-order valence-electron chi connectivity index (χ0n) is 14.4. The van der Waals surface area contributed by atoms with Gasteiger partial charge in [0.1, 0.15) is 6.04 Å². The summed E-state index contributed by atoms with van der Waals surface area (Å²) in [7, 11) is 0. The van der Waals surface area contributed by atoms with Gasteiger partial charge in [0, 0.05) is 41.4 Å². The summed E-state index contributed by atoms with van der Waals surface area (Å²) in [6, 6.07) is 3.97. The summed E-state index contributed by atoms with van der Waals surface area (Å²) in [6.07, 6.45) is 9.87. The molecule has 0 aliphatic heterocycles. The van der Waals surface area contributed by atoms with Crippen molar-refractivity contribution in [2.45, 2.75) is 39.3 Å². The molecule has 3 aromatic rings. The van der Waals surface area contributed by atoms with Gasteiger partial charge in [0.2, 0.25) is 0 Å². The van der Waals surface area contributed by atoms with E-state index in [2.05, 4.69) is 44.5 Å². The second-order valence-corrected chi connectivity index (χ2v) is 7.89. The first-order valence-corrected chi connectivity index (χ1v) is 9.44. The molecule has 1 aliphatic rings. The molecule has 4 rings (SSSR count). The zero-order valence-corrected chi connectivity index (χ0v) is 16.0. The summed E-state index contributed by atoms with van der Waals surface area (Å²) >= 11 is 3.47. The predicted molar refractivity (Wildman–Crippen MR) is 98.9 cm³/mol. The van der Waals surface area contributed by atoms with E-state index in [1.54, 1.807) is 18.6 Å². The van der Waals surface area contributed by atoms with Crippen LogP contribution in [0.5, 0.6) is 0 Å². The second kappa shape index (κ2) is 6.71. The van der Waals surface area contributed by atoms with Gasteiger partial charge < -0.3 is 0 Å². The lowest BCUT2D eigenvalue weighted by molar-refractivity contribution is 0.179. The summed E-state index contributed by atoms with van der Waals surface area (Å²) < 4.78 is 4.92. The molecule has 1 saturated carbocycles. The summed E-state index contributed by atoms with van der Waals surface area (Å²) in [6.45, 7) is 5.34. The van der Waals surface area contributed by atoms with Crippen molar-refractivity contribution in [3.05, 3.63) is 47.2 Å². The number of pyridine rings is 1. The molecule has 3 heterocycles. The lowest BCUT2D eigenvalue weighted by Gasteiger charge is -2.32. The minimum atomic E-state index is 0.0360. The quantitative estimate of drug-likeness (QED) is 0.650. The third-order valence-electron chi connectivity index (χ3n) is 4.86. The maximum Gasteiger partial charge on any atom is 0.183 e. The van der Waals surface area contributed by atoms with Crippen LogP contribution >= 0.6 is 15.9 Å². The number of rotatable bonds is 5. The van der Waals surface area contributed by atoms with Gasteiger partial charge in [-0.15, -0.1) is 0 Å². The maximum absolute atomic E-state index is 4.84. The molecule has 0 amide bonds. The molecule has 130 valence electrons. The highest BCUT2D eigenvalue weighted by molar-refractivity contribution is 9.10. The van der Waals surface area contributed by atoms with Crippen molar-refractivity contribution in [1.29, 1.82) is 0 Å². The molecule has 1 unspecified atom stereocenters. The van der Waals surface area contributed by atoms with Gasteiger partial charge >= 0.3 is 0 Å². The van der Waals surface area contributed by atoms with Crippen molar-refractivity contribution < 1.29 is 0 Å². The molecule has 0 N–H and O–H groups in total. The molecule has 7 heteroatoms. The van der Waals surface area contributed by atoms with Gasteiger partial charge in [0.25, 0.3) is 0 Å². The average molecular weight is 401 g/mol. The van der Waals surface area contributed by atoms with Crippen LogP contribution in [0.3, 0.4) is 0 Å². The molecule has 1 aliphatic carbocycles. The van der Waals surface area contributed by atoms with Crippen LogP contribution in [0.25, 0.3) is 11.4 Å². The lowest BCUT2D eigenvalue weighted by atomic mass is 9.76. The third kappa shape index (κ3) is 3.38. The highest BCUT2D eigenvalue weighted by atomic mass is 79.9. The van der Waals surface area contributed by atoms with Crippen molar-refractivity contribution in [2.75, 3.05) is 0 Å². The van der Waals surface area contributed by atoms with Gasteiger partial charge in [0.15, 0.2) is 11.6 Å². The van der Waals surface area contributed by atoms with E-state index in [0.717, 1.165) is 34.1 Å². The topological polar surface area (TPSA) is 61.4 Å². The van der Waals surface area contributed by atoms with E-state index in [0.29, 0.717) is 5.92 Å². The summed E-state index contributed by atoms with van der Waals surface area (Å²) in [5.41, 5.74) is 0.920. The Morgan fingerprint density at radius 3 is 2.84 bits per heavy atom. The fourth-order valence-electron chi connectivity index (χ4n) is 3.54. The molecule has 1 atom stereocenters. The maximum atomic E-state index is 4.84. The van der Waals surface area contributed by atoms with E-state index in [1.807, 2.05) is 23.0 Å². The van der Waals surface area contributed by atoms with Crippen molar-refractivity contribution in [3.8, 4) is 11.4 Å². The van der Waals surface area contributed by atoms with Crippen molar-refractivity contribution in [3.63, 3.8) is 0 Å². The zero-order chi connectivity index (χ0) is 17.4. The molecular weight excluding hydrogens is 380 g/mol. The Balaban J connectivity index is 1.69. The van der Waals surface area contributed by atoms with E-state index in [4.69, 9.17) is 10.1 Å². The summed E-state index contributed by atoms with van der Waals surface area (Å²) in [5, 5.41) is 9.17. The minimum Gasteiger partial charge on any atom is -0.263 e. The minimum absolute atomic E-state index is 0.0360. The standard InChI is InChI=1S/C18H21BrN6/c1-12-6-14(7-12)11-25-18(13(2)24-5-3-4-21-24)22-17(23-25)15-8-16(19)10-20-9-15/h3-5,8-10,12-14H,6-7,11H2,1-2H3. The molecule has 0 radical (unpaired) electrons. The summed E-state index contributed by atoms with van der Waals surface area (Å²) in [5.74, 6) is 3.18. The first-order chi connectivity index (χ1) is 12.1. The predicted octanol–water partition coefficient (Wildman–Crippen LogP) is 3.95. The Hall–Kier alpha value is -2.02. The number of hydrogen-bond acceptors (Lipinski definition) is 4. The number of nitrogens with zero attached hydrogens (tertiary/aromatic N) is 6. The fraction of sp³-hybridized carbons (Fsp3) is 0.444. The Morgan fingerprint density at radius 1 is 1.32 bits per heavy atom. The molecule has 0 saturated heterocycles. The molecule has 1 fully saturated rings. The van der Waals surface area contributed by atoms with Gasteiger partial charge in [-0.2, -0.15) is 10.2 Å². The van der Waals surface area contributed by atoms with Gasteiger partial charge in [0.05, 0.1) is 0 Å². The van der Waals surface area contributed by atoms with Crippen LogP contribution in [-0.4, -0.2) is 29.5 Å². The number of aromatic nitrogens is 6. The SMILES string of the molecule is CC1CC(Cn2nc(-c3cncc(Br)c3)nc2C(C)n2cccn2)C1. The Kier molecular flexibility index (Phi) is 4.41. The third-order valence-corrected chi connectivity index (χ3v) is 5.29. The first kappa shape index (κ1) is 16.4. The second-order valence-electron chi connectivity index (χ2n) is 6.97. The Bertz CT molecular complexity index is 850. The van der Waals surface area contributed by atoms with Gasteiger partial charge in [-0.1, -0.05) is 6.92 Å². The smallest absolute Gasteiger partial charge is 0.183 e. The van der Waals surface area contributed by atoms with Crippen molar-refractivity contribution in [1.82, 2.24) is 29.5 Å². The fourth-order valence-corrected chi connectivity index (χ4v) is 3.91. The normalized spacial score (nSPS) is 21.1. The van der Waals surface area contributed by atoms with E-state index in [1.165, 1.54) is 12.8 Å². The van der Waals surface area contributed by atoms with E-state index in [-0.39, 0.29) is 6.04 Å². The average Bonchev–Trinajstić information content (AvgIpc) is 3.23. The molecule has 0 spiro atoms. The highest BCUT2D eigenvalue weighted by Gasteiger charge is 2.28. The van der Waals surface area contributed by atoms with Crippen molar-refractivity contribution in [2.24, 2.45) is 11.8 Å². The van der Waals surface area contributed by atoms with Gasteiger partial charge in [-0.3, -0.25) is 9.67 Å². The molecule has 6 nitrogen and oxygen atoms in total. The number of hydrogen-bond donors (Lipinski definition) is 0. The van der Waals surface area contributed by atoms with Crippen LogP contribution in [0.15, 0.2) is 41.4 Å². The lowest BCUT2D eigenvalue weighted by Crippen LogP contribution is -2.27. The van der Waals surface area contributed by atoms with Crippen LogP contribution in [0, 0.1) is 11.8 Å². The Labute approximate surface area is 155 Å². The largest absolute Gasteiger partial charge is 0.263 e. The van der Waals surface area contributed by atoms with Crippen LogP contribution in [0.2, 0.25) is 0 Å². The van der Waals surface area contributed by atoms with Gasteiger partial charge in [-0.25, -0.2) is 9.67 Å². The molecule has 3 aromatic heterocycles. The van der Waals surface area contributed by atoms with E-state index < -0.39 is 0 Å². The summed E-state index contributed by atoms with van der Waals surface area (Å²) in [4.78, 5) is 9.08. The molecular formula is C18H21BrN6. The highest BCUT2D eigenvalue weighted by Crippen LogP contribution is 2.35. The van der Waals surface area contributed by atoms with Gasteiger partial charge in [-0.05, 0) is 59.7 Å². The monoisotopic (exact) mass is 400 g/mol. The van der Waals surface area contributed by atoms with Crippen LogP contribution in [0.1, 0.15) is 38.6 Å². The van der Waals surface area contributed by atoms with E-state index >= 15 is 0 Å². The van der Waals surface area contributed by atoms with Crippen molar-refractivity contribution >= 4 is 15.9 Å². The molecule has 0 bridgehead atoms. The van der Waals surface area contributed by atoms with Crippen LogP contribution in [-0.2, 0) is 6.54 Å². The van der Waals surface area contributed by atoms with Crippen LogP contribution < -0.4 is 0 Å². The first-order valence-electron chi connectivity index (χ1n) is 8.65. The van der Waals surface area contributed by atoms with E-state index in [9.17, 15) is 0 Å². The van der Waals surface area contributed by atoms with Crippen LogP contribution in [0.4, 0.5) is 0 Å². The Morgan fingerprint density at radius 2 is 2.16 bits per heavy atom. The molecule has 25 heavy (non-hydrogen) atoms.